The van der Waals surface area contributed by atoms with Crippen LogP contribution in [0.2, 0.25) is 0 Å². The predicted molar refractivity (Wildman–Crippen MR) is 71.4 cm³/mol. The number of carbonyl (C=O) groups is 1. The average molecular weight is 265 g/mol. The summed E-state index contributed by atoms with van der Waals surface area (Å²) in [5.74, 6) is -0.657. The number of halogens is 1. The van der Waals surface area contributed by atoms with Crippen molar-refractivity contribution in [1.82, 2.24) is 4.90 Å². The summed E-state index contributed by atoms with van der Waals surface area (Å²) in [6.07, 6.45) is 2.16. The number of nitrogens with zero attached hydrogens (tertiary/aromatic N) is 1. The largest absolute Gasteiger partial charge is 0.481 e. The highest BCUT2D eigenvalue weighted by Crippen LogP contribution is 2.30. The topological polar surface area (TPSA) is 40.5 Å². The van der Waals surface area contributed by atoms with Crippen LogP contribution in [0.5, 0.6) is 0 Å². The highest BCUT2D eigenvalue weighted by atomic mass is 19.1. The van der Waals surface area contributed by atoms with Crippen molar-refractivity contribution in [2.45, 2.75) is 32.2 Å². The van der Waals surface area contributed by atoms with Crippen molar-refractivity contribution >= 4 is 5.97 Å². The second-order valence-corrected chi connectivity index (χ2v) is 5.38. The molecule has 1 aliphatic rings. The standard InChI is InChI=1S/C15H20FNO2/c1-11-5-4-8-17(10-11)14(9-15(18)19)12-6-2-3-7-13(12)16/h2-3,6-7,11,14H,4-5,8-10H2,1H3,(H,18,19). The molecule has 0 spiro atoms. The number of carboxylic acid groups (broad SMARTS) is 1. The van der Waals surface area contributed by atoms with Gasteiger partial charge in [0.1, 0.15) is 5.82 Å². The van der Waals surface area contributed by atoms with Crippen molar-refractivity contribution in [1.29, 1.82) is 0 Å². The van der Waals surface area contributed by atoms with Gasteiger partial charge in [0.2, 0.25) is 0 Å². The molecule has 1 aromatic carbocycles. The lowest BCUT2D eigenvalue weighted by Gasteiger charge is -2.37. The maximum Gasteiger partial charge on any atom is 0.305 e. The molecule has 104 valence electrons. The Balaban J connectivity index is 2.25. The molecule has 1 saturated heterocycles. The molecule has 0 amide bonds. The fourth-order valence-electron chi connectivity index (χ4n) is 2.86. The van der Waals surface area contributed by atoms with Gasteiger partial charge in [-0.1, -0.05) is 25.1 Å². The Kier molecular flexibility index (Phi) is 4.53. The molecule has 1 aliphatic heterocycles. The molecular weight excluding hydrogens is 245 g/mol. The minimum Gasteiger partial charge on any atom is -0.481 e. The first-order valence-corrected chi connectivity index (χ1v) is 6.78. The summed E-state index contributed by atoms with van der Waals surface area (Å²) in [6.45, 7) is 3.84. The predicted octanol–water partition coefficient (Wildman–Crippen LogP) is 3.07. The van der Waals surface area contributed by atoms with E-state index >= 15 is 0 Å². The zero-order valence-electron chi connectivity index (χ0n) is 11.2. The summed E-state index contributed by atoms with van der Waals surface area (Å²) in [7, 11) is 0. The lowest BCUT2D eigenvalue weighted by Crippen LogP contribution is -2.38. The maximum absolute atomic E-state index is 13.9. The summed E-state index contributed by atoms with van der Waals surface area (Å²) < 4.78 is 13.9. The molecule has 1 N–H and O–H groups in total. The van der Waals surface area contributed by atoms with Crippen molar-refractivity contribution < 1.29 is 14.3 Å². The van der Waals surface area contributed by atoms with Crippen LogP contribution in [0.4, 0.5) is 4.39 Å². The molecule has 1 fully saturated rings. The summed E-state index contributed by atoms with van der Waals surface area (Å²) in [5.41, 5.74) is 0.499. The zero-order chi connectivity index (χ0) is 13.8. The highest BCUT2D eigenvalue weighted by Gasteiger charge is 2.28. The minimum atomic E-state index is -0.883. The number of likely N-dealkylation sites (tertiary alicyclic amines) is 1. The van der Waals surface area contributed by atoms with Crippen molar-refractivity contribution in [3.63, 3.8) is 0 Å². The van der Waals surface area contributed by atoms with Crippen LogP contribution in [0, 0.1) is 11.7 Å². The molecule has 1 heterocycles. The number of carboxylic acids is 1. The monoisotopic (exact) mass is 265 g/mol. The molecule has 2 atom stereocenters. The molecule has 0 saturated carbocycles. The number of hydrogen-bond donors (Lipinski definition) is 1. The van der Waals surface area contributed by atoms with Gasteiger partial charge in [-0.15, -0.1) is 0 Å². The lowest BCUT2D eigenvalue weighted by atomic mass is 9.94. The minimum absolute atomic E-state index is 0.0480. The van der Waals surface area contributed by atoms with Gasteiger partial charge in [0.15, 0.2) is 0 Å². The smallest absolute Gasteiger partial charge is 0.305 e. The molecule has 1 aromatic rings. The average Bonchev–Trinajstić information content (AvgIpc) is 2.37. The van der Waals surface area contributed by atoms with Crippen LogP contribution in [-0.2, 0) is 4.79 Å². The molecule has 2 rings (SSSR count). The SMILES string of the molecule is CC1CCCN(C(CC(=O)O)c2ccccc2F)C1. The van der Waals surface area contributed by atoms with Gasteiger partial charge in [-0.3, -0.25) is 9.69 Å². The fraction of sp³-hybridized carbons (Fsp3) is 0.533. The number of hydrogen-bond acceptors (Lipinski definition) is 2. The first-order valence-electron chi connectivity index (χ1n) is 6.78. The molecule has 0 radical (unpaired) electrons. The van der Waals surface area contributed by atoms with Gasteiger partial charge in [-0.2, -0.15) is 0 Å². The molecule has 19 heavy (non-hydrogen) atoms. The quantitative estimate of drug-likeness (QED) is 0.909. The van der Waals surface area contributed by atoms with E-state index in [9.17, 15) is 9.18 Å². The summed E-state index contributed by atoms with van der Waals surface area (Å²) >= 11 is 0. The molecule has 2 unspecified atom stereocenters. The van der Waals surface area contributed by atoms with E-state index in [4.69, 9.17) is 5.11 Å². The Morgan fingerprint density at radius 1 is 1.53 bits per heavy atom. The first-order chi connectivity index (χ1) is 9.08. The third-order valence-electron chi connectivity index (χ3n) is 3.76. The highest BCUT2D eigenvalue weighted by molar-refractivity contribution is 5.68. The van der Waals surface area contributed by atoms with Crippen LogP contribution in [0.25, 0.3) is 0 Å². The van der Waals surface area contributed by atoms with E-state index in [2.05, 4.69) is 11.8 Å². The Morgan fingerprint density at radius 3 is 2.89 bits per heavy atom. The number of aliphatic carboxylic acids is 1. The molecule has 4 heteroatoms. The number of rotatable bonds is 4. The third kappa shape index (κ3) is 3.53. The van der Waals surface area contributed by atoms with Crippen molar-refractivity contribution in [3.8, 4) is 0 Å². The summed E-state index contributed by atoms with van der Waals surface area (Å²) in [4.78, 5) is 13.2. The Morgan fingerprint density at radius 2 is 2.26 bits per heavy atom. The van der Waals surface area contributed by atoms with Crippen LogP contribution < -0.4 is 0 Å². The van der Waals surface area contributed by atoms with Gasteiger partial charge in [-0.25, -0.2) is 4.39 Å². The van der Waals surface area contributed by atoms with E-state index in [0.717, 1.165) is 25.9 Å². The fourth-order valence-corrected chi connectivity index (χ4v) is 2.86. The molecule has 0 aromatic heterocycles. The summed E-state index contributed by atoms with van der Waals surface area (Å²) in [5, 5.41) is 9.08. The van der Waals surface area contributed by atoms with E-state index < -0.39 is 5.97 Å². The van der Waals surface area contributed by atoms with E-state index in [1.807, 2.05) is 0 Å². The van der Waals surface area contributed by atoms with E-state index in [1.54, 1.807) is 18.2 Å². The molecule has 0 bridgehead atoms. The van der Waals surface area contributed by atoms with E-state index in [1.165, 1.54) is 6.07 Å². The third-order valence-corrected chi connectivity index (χ3v) is 3.76. The number of benzene rings is 1. The van der Waals surface area contributed by atoms with Gasteiger partial charge < -0.3 is 5.11 Å². The lowest BCUT2D eigenvalue weighted by molar-refractivity contribution is -0.138. The molecular formula is C15H20FNO2. The van der Waals surface area contributed by atoms with Crippen molar-refractivity contribution in [2.24, 2.45) is 5.92 Å². The normalized spacial score (nSPS) is 22.1. The van der Waals surface area contributed by atoms with Crippen LogP contribution in [0.3, 0.4) is 0 Å². The molecule has 3 nitrogen and oxygen atoms in total. The Labute approximate surface area is 113 Å². The van der Waals surface area contributed by atoms with Gasteiger partial charge in [0.25, 0.3) is 0 Å². The second kappa shape index (κ2) is 6.15. The maximum atomic E-state index is 13.9. The van der Waals surface area contributed by atoms with E-state index in [-0.39, 0.29) is 18.3 Å². The van der Waals surface area contributed by atoms with Crippen LogP contribution in [0.1, 0.15) is 37.8 Å². The van der Waals surface area contributed by atoms with Gasteiger partial charge in [0.05, 0.1) is 6.42 Å². The van der Waals surface area contributed by atoms with Gasteiger partial charge >= 0.3 is 5.97 Å². The van der Waals surface area contributed by atoms with Crippen molar-refractivity contribution in [2.75, 3.05) is 13.1 Å². The van der Waals surface area contributed by atoms with Crippen LogP contribution >= 0.6 is 0 Å². The Bertz CT molecular complexity index is 450. The van der Waals surface area contributed by atoms with Crippen LogP contribution in [0.15, 0.2) is 24.3 Å². The van der Waals surface area contributed by atoms with Crippen molar-refractivity contribution in [3.05, 3.63) is 35.6 Å². The zero-order valence-corrected chi connectivity index (χ0v) is 11.2. The van der Waals surface area contributed by atoms with Crippen LogP contribution in [-0.4, -0.2) is 29.1 Å². The second-order valence-electron chi connectivity index (χ2n) is 5.38. The van der Waals surface area contributed by atoms with Gasteiger partial charge in [-0.05, 0) is 31.4 Å². The van der Waals surface area contributed by atoms with E-state index in [0.29, 0.717) is 11.5 Å². The first kappa shape index (κ1) is 14.0. The molecule has 0 aliphatic carbocycles. The number of piperidine rings is 1. The van der Waals surface area contributed by atoms with Gasteiger partial charge in [0, 0.05) is 18.2 Å². The summed E-state index contributed by atoms with van der Waals surface area (Å²) in [6, 6.07) is 6.14. The Hall–Kier alpha value is -1.42.